The molecule has 0 spiro atoms. The molecule has 0 radical (unpaired) electrons. The second-order valence-corrected chi connectivity index (χ2v) is 13.9. The van der Waals surface area contributed by atoms with Crippen molar-refractivity contribution in [1.29, 1.82) is 5.26 Å². The average molecular weight is 730 g/mol. The van der Waals surface area contributed by atoms with E-state index in [1.54, 1.807) is 6.07 Å². The van der Waals surface area contributed by atoms with Gasteiger partial charge >= 0.3 is 6.18 Å². The van der Waals surface area contributed by atoms with Crippen molar-refractivity contribution in [3.8, 4) is 50.8 Å². The maximum Gasteiger partial charge on any atom is 0.416 e. The van der Waals surface area contributed by atoms with Crippen LogP contribution in [0.2, 0.25) is 0 Å². The molecule has 0 aliphatic carbocycles. The lowest BCUT2D eigenvalue weighted by molar-refractivity contribution is -0.137. The summed E-state index contributed by atoms with van der Waals surface area (Å²) in [5.74, 6) is 0. The van der Waals surface area contributed by atoms with Crippen LogP contribution in [-0.4, -0.2) is 9.13 Å². The second kappa shape index (κ2) is 12.9. The van der Waals surface area contributed by atoms with Crippen LogP contribution in [0.25, 0.3) is 88.4 Å². The van der Waals surface area contributed by atoms with Gasteiger partial charge in [-0.1, -0.05) is 140 Å². The van der Waals surface area contributed by atoms with E-state index in [1.165, 1.54) is 12.1 Å². The Morgan fingerprint density at radius 1 is 0.411 bits per heavy atom. The first-order valence-corrected chi connectivity index (χ1v) is 18.3. The SMILES string of the molecule is N#Cc1c(-n2c3ccccc3c3ccc(-c4ccccc4)cc32)ccc(-c2cccc(C(F)(F)F)c2)c1-n1c2ccccc2c2ccc(-c3ccccc3)cc21. The van der Waals surface area contributed by atoms with Gasteiger partial charge in [-0.3, -0.25) is 0 Å². The molecule has 10 rings (SSSR count). The Kier molecular flexibility index (Phi) is 7.65. The zero-order valence-corrected chi connectivity index (χ0v) is 29.8. The lowest BCUT2D eigenvalue weighted by atomic mass is 9.96. The molecule has 266 valence electrons. The Hall–Kier alpha value is -7.36. The Balaban J connectivity index is 1.35. The minimum absolute atomic E-state index is 0.334. The fourth-order valence-corrected chi connectivity index (χ4v) is 8.27. The van der Waals surface area contributed by atoms with Gasteiger partial charge < -0.3 is 9.13 Å². The molecule has 8 aromatic carbocycles. The van der Waals surface area contributed by atoms with Crippen LogP contribution in [0.3, 0.4) is 0 Å². The van der Waals surface area contributed by atoms with Crippen LogP contribution in [0.1, 0.15) is 11.1 Å². The first-order valence-electron chi connectivity index (χ1n) is 18.3. The molecule has 2 heterocycles. The molecule has 56 heavy (non-hydrogen) atoms. The maximum atomic E-state index is 14.3. The van der Waals surface area contributed by atoms with Crippen molar-refractivity contribution in [1.82, 2.24) is 9.13 Å². The number of hydrogen-bond acceptors (Lipinski definition) is 1. The highest BCUT2D eigenvalue weighted by Gasteiger charge is 2.31. The molecule has 10 aromatic rings. The minimum Gasteiger partial charge on any atom is -0.308 e. The number of aromatic nitrogens is 2. The van der Waals surface area contributed by atoms with Crippen LogP contribution < -0.4 is 0 Å². The van der Waals surface area contributed by atoms with Crippen molar-refractivity contribution in [3.63, 3.8) is 0 Å². The van der Waals surface area contributed by atoms with Gasteiger partial charge in [-0.2, -0.15) is 18.4 Å². The molecule has 0 saturated carbocycles. The number of para-hydroxylation sites is 2. The van der Waals surface area contributed by atoms with E-state index >= 15 is 0 Å². The molecule has 0 fully saturated rings. The van der Waals surface area contributed by atoms with Gasteiger partial charge in [-0.15, -0.1) is 0 Å². The topological polar surface area (TPSA) is 33.6 Å². The molecule has 0 bridgehead atoms. The second-order valence-electron chi connectivity index (χ2n) is 13.9. The van der Waals surface area contributed by atoms with Gasteiger partial charge in [0.25, 0.3) is 0 Å². The lowest BCUT2D eigenvalue weighted by Crippen LogP contribution is -2.08. The largest absolute Gasteiger partial charge is 0.416 e. The molecule has 0 atom stereocenters. The first kappa shape index (κ1) is 33.2. The third-order valence-corrected chi connectivity index (χ3v) is 10.8. The highest BCUT2D eigenvalue weighted by atomic mass is 19.4. The van der Waals surface area contributed by atoms with E-state index in [0.29, 0.717) is 28.1 Å². The van der Waals surface area contributed by atoms with Gasteiger partial charge in [0, 0.05) is 27.1 Å². The fraction of sp³-hybridized carbons (Fsp3) is 0.0200. The van der Waals surface area contributed by atoms with Gasteiger partial charge in [-0.05, 0) is 70.3 Å². The number of nitriles is 1. The van der Waals surface area contributed by atoms with E-state index in [2.05, 4.69) is 81.9 Å². The summed E-state index contributed by atoms with van der Waals surface area (Å²) in [6, 6.07) is 60.7. The third-order valence-electron chi connectivity index (χ3n) is 10.8. The zero-order chi connectivity index (χ0) is 38.0. The predicted octanol–water partition coefficient (Wildman–Crippen LogP) is 13.8. The molecule has 2 aromatic heterocycles. The summed E-state index contributed by atoms with van der Waals surface area (Å²) in [7, 11) is 0. The first-order chi connectivity index (χ1) is 27.4. The zero-order valence-electron chi connectivity index (χ0n) is 29.8. The van der Waals surface area contributed by atoms with E-state index in [0.717, 1.165) is 71.9 Å². The Morgan fingerprint density at radius 2 is 0.911 bits per heavy atom. The third kappa shape index (κ3) is 5.28. The quantitative estimate of drug-likeness (QED) is 0.174. The number of nitrogens with zero attached hydrogens (tertiary/aromatic N) is 3. The highest BCUT2D eigenvalue weighted by molar-refractivity contribution is 6.12. The number of halogens is 3. The molecule has 6 heteroatoms. The molecule has 0 aliphatic rings. The Labute approximate surface area is 320 Å². The summed E-state index contributed by atoms with van der Waals surface area (Å²) < 4.78 is 47.0. The van der Waals surface area contributed by atoms with Gasteiger partial charge in [0.05, 0.1) is 39.0 Å². The van der Waals surface area contributed by atoms with E-state index in [9.17, 15) is 18.4 Å². The summed E-state index contributed by atoms with van der Waals surface area (Å²) in [4.78, 5) is 0. The van der Waals surface area contributed by atoms with Gasteiger partial charge in [0.1, 0.15) is 11.6 Å². The van der Waals surface area contributed by atoms with Crippen molar-refractivity contribution >= 4 is 43.6 Å². The monoisotopic (exact) mass is 729 g/mol. The van der Waals surface area contributed by atoms with Crippen LogP contribution in [0.15, 0.2) is 182 Å². The molecular formula is C50H30F3N3. The van der Waals surface area contributed by atoms with Crippen molar-refractivity contribution in [3.05, 3.63) is 193 Å². The van der Waals surface area contributed by atoms with Crippen LogP contribution in [0.4, 0.5) is 13.2 Å². The molecular weight excluding hydrogens is 700 g/mol. The summed E-state index contributed by atoms with van der Waals surface area (Å²) >= 11 is 0. The number of hydrogen-bond donors (Lipinski definition) is 0. The van der Waals surface area contributed by atoms with Crippen LogP contribution in [-0.2, 0) is 6.18 Å². The molecule has 0 amide bonds. The summed E-state index contributed by atoms with van der Waals surface area (Å²) in [6.45, 7) is 0. The summed E-state index contributed by atoms with van der Waals surface area (Å²) in [5.41, 5.74) is 9.16. The number of rotatable bonds is 5. The van der Waals surface area contributed by atoms with Crippen molar-refractivity contribution in [2.75, 3.05) is 0 Å². The van der Waals surface area contributed by atoms with Crippen LogP contribution in [0.5, 0.6) is 0 Å². The summed E-state index contributed by atoms with van der Waals surface area (Å²) in [6.07, 6.45) is -4.55. The highest BCUT2D eigenvalue weighted by Crippen LogP contribution is 2.44. The fourth-order valence-electron chi connectivity index (χ4n) is 8.27. The smallest absolute Gasteiger partial charge is 0.308 e. The van der Waals surface area contributed by atoms with E-state index in [4.69, 9.17) is 0 Å². The van der Waals surface area contributed by atoms with Gasteiger partial charge in [0.15, 0.2) is 0 Å². The number of alkyl halides is 3. The van der Waals surface area contributed by atoms with Crippen molar-refractivity contribution in [2.24, 2.45) is 0 Å². The average Bonchev–Trinajstić information content (AvgIpc) is 3.75. The van der Waals surface area contributed by atoms with E-state index in [1.807, 2.05) is 91.0 Å². The van der Waals surface area contributed by atoms with Gasteiger partial charge in [-0.25, -0.2) is 0 Å². The molecule has 0 unspecified atom stereocenters. The number of benzene rings is 8. The van der Waals surface area contributed by atoms with Gasteiger partial charge in [0.2, 0.25) is 0 Å². The molecule has 3 nitrogen and oxygen atoms in total. The lowest BCUT2D eigenvalue weighted by Gasteiger charge is -2.20. The van der Waals surface area contributed by atoms with Crippen molar-refractivity contribution < 1.29 is 13.2 Å². The normalized spacial score (nSPS) is 11.8. The maximum absolute atomic E-state index is 14.3. The minimum atomic E-state index is -4.55. The van der Waals surface area contributed by atoms with E-state index < -0.39 is 11.7 Å². The molecule has 0 saturated heterocycles. The summed E-state index contributed by atoms with van der Waals surface area (Å²) in [5, 5.41) is 15.4. The Morgan fingerprint density at radius 3 is 1.48 bits per heavy atom. The van der Waals surface area contributed by atoms with Crippen LogP contribution >= 0.6 is 0 Å². The molecule has 0 N–H and O–H groups in total. The van der Waals surface area contributed by atoms with E-state index in [-0.39, 0.29) is 0 Å². The molecule has 0 aliphatic heterocycles. The Bertz CT molecular complexity index is 3180. The number of fused-ring (bicyclic) bond motifs is 6. The van der Waals surface area contributed by atoms with Crippen molar-refractivity contribution in [2.45, 2.75) is 6.18 Å². The van der Waals surface area contributed by atoms with Crippen LogP contribution in [0, 0.1) is 11.3 Å². The predicted molar refractivity (Wildman–Crippen MR) is 221 cm³/mol. The standard InChI is InChI=1S/C50H30F3N3/c51-50(52,53)37-17-11-16-36(28-37)38-26-27-46(55-44-20-9-7-18-39(44)41-24-22-34(29-47(41)55)32-12-3-1-4-13-32)43(31-54)49(38)56-45-21-10-8-19-40(45)42-25-23-35(30-48(42)56)33-14-5-2-6-15-33/h1-30H.